The monoisotopic (exact) mass is 242 g/mol. The molecule has 0 saturated heterocycles. The van der Waals surface area contributed by atoms with Gasteiger partial charge in [-0.2, -0.15) is 0 Å². The third-order valence-corrected chi connectivity index (χ3v) is 3.12. The van der Waals surface area contributed by atoms with Crippen LogP contribution in [0.25, 0.3) is 0 Å². The quantitative estimate of drug-likeness (QED) is 0.660. The molecule has 1 fully saturated rings. The van der Waals surface area contributed by atoms with E-state index >= 15 is 0 Å². The van der Waals surface area contributed by atoms with Gasteiger partial charge in [-0.25, -0.2) is 0 Å². The number of rotatable bonds is 8. The maximum Gasteiger partial charge on any atom is 0.323 e. The fourth-order valence-corrected chi connectivity index (χ4v) is 1.90. The number of carbonyl (C=O) groups is 2. The zero-order valence-corrected chi connectivity index (χ0v) is 10.4. The second-order valence-electron chi connectivity index (χ2n) is 4.87. The first kappa shape index (κ1) is 14.0. The molecule has 5 nitrogen and oxygen atoms in total. The van der Waals surface area contributed by atoms with Gasteiger partial charge in [-0.1, -0.05) is 6.92 Å². The Balaban J connectivity index is 2.34. The summed E-state index contributed by atoms with van der Waals surface area (Å²) in [7, 11) is 0. The maximum atomic E-state index is 11.9. The Morgan fingerprint density at radius 1 is 1.41 bits per heavy atom. The normalized spacial score (nSPS) is 16.6. The first-order valence-electron chi connectivity index (χ1n) is 6.26. The Labute approximate surface area is 102 Å². The number of nitrogens with two attached hydrogens (primary N) is 1. The molecule has 3 N–H and O–H groups in total. The van der Waals surface area contributed by atoms with Crippen molar-refractivity contribution >= 4 is 11.9 Å². The fourth-order valence-electron chi connectivity index (χ4n) is 1.90. The van der Waals surface area contributed by atoms with Crippen molar-refractivity contribution < 1.29 is 14.7 Å². The van der Waals surface area contributed by atoms with Crippen molar-refractivity contribution in [3.8, 4) is 0 Å². The van der Waals surface area contributed by atoms with Crippen LogP contribution >= 0.6 is 0 Å². The van der Waals surface area contributed by atoms with Crippen molar-refractivity contribution in [2.24, 2.45) is 11.7 Å². The van der Waals surface area contributed by atoms with E-state index in [1.807, 2.05) is 0 Å². The highest BCUT2D eigenvalue weighted by Gasteiger charge is 2.33. The third kappa shape index (κ3) is 5.17. The molecule has 5 heteroatoms. The molecule has 17 heavy (non-hydrogen) atoms. The Hall–Kier alpha value is -1.10. The molecule has 98 valence electrons. The molecule has 0 spiro atoms. The van der Waals surface area contributed by atoms with E-state index in [1.54, 1.807) is 0 Å². The number of carboxylic acid groups (broad SMARTS) is 1. The van der Waals surface area contributed by atoms with E-state index in [0.717, 1.165) is 25.7 Å². The number of aliphatic carboxylic acids is 1. The summed E-state index contributed by atoms with van der Waals surface area (Å²) < 4.78 is 0. The van der Waals surface area contributed by atoms with Crippen molar-refractivity contribution in [1.29, 1.82) is 0 Å². The Bertz CT molecular complexity index is 277. The largest absolute Gasteiger partial charge is 0.480 e. The van der Waals surface area contributed by atoms with Crippen LogP contribution in [0.2, 0.25) is 0 Å². The Morgan fingerprint density at radius 3 is 2.53 bits per heavy atom. The smallest absolute Gasteiger partial charge is 0.323 e. The molecule has 1 unspecified atom stereocenters. The topological polar surface area (TPSA) is 83.6 Å². The molecule has 1 aliphatic carbocycles. The van der Waals surface area contributed by atoms with Crippen LogP contribution in [-0.2, 0) is 9.59 Å². The zero-order valence-electron chi connectivity index (χ0n) is 10.4. The van der Waals surface area contributed by atoms with Crippen molar-refractivity contribution in [2.45, 2.75) is 45.1 Å². The Morgan fingerprint density at radius 2 is 2.06 bits per heavy atom. The van der Waals surface area contributed by atoms with Gasteiger partial charge in [-0.05, 0) is 38.1 Å². The van der Waals surface area contributed by atoms with E-state index in [4.69, 9.17) is 10.8 Å². The van der Waals surface area contributed by atoms with Gasteiger partial charge in [0.1, 0.15) is 6.54 Å². The van der Waals surface area contributed by atoms with Crippen LogP contribution < -0.4 is 5.73 Å². The second kappa shape index (κ2) is 6.59. The second-order valence-corrected chi connectivity index (χ2v) is 4.87. The summed E-state index contributed by atoms with van der Waals surface area (Å²) in [5.74, 6) is -0.533. The van der Waals surface area contributed by atoms with Crippen LogP contribution in [0.3, 0.4) is 0 Å². The van der Waals surface area contributed by atoms with Crippen molar-refractivity contribution in [3.63, 3.8) is 0 Å². The van der Waals surface area contributed by atoms with Crippen LogP contribution in [0, 0.1) is 5.92 Å². The summed E-state index contributed by atoms with van der Waals surface area (Å²) in [6.07, 6.45) is 4.02. The maximum absolute atomic E-state index is 11.9. The van der Waals surface area contributed by atoms with Gasteiger partial charge >= 0.3 is 5.97 Å². The Kier molecular flexibility index (Phi) is 5.41. The lowest BCUT2D eigenvalue weighted by molar-refractivity contribution is -0.145. The molecule has 0 bridgehead atoms. The van der Waals surface area contributed by atoms with E-state index in [2.05, 4.69) is 6.92 Å². The standard InChI is InChI=1S/C12H22N2O3/c1-9(6-7-13)2-5-11(15)14(8-12(16)17)10-3-4-10/h9-10H,2-8,13H2,1H3,(H,16,17). The predicted octanol–water partition coefficient (Wildman–Crippen LogP) is 0.827. The molecular formula is C12H22N2O3. The van der Waals surface area contributed by atoms with Gasteiger partial charge in [0.2, 0.25) is 5.91 Å². The molecule has 1 atom stereocenters. The third-order valence-electron chi connectivity index (χ3n) is 3.12. The van der Waals surface area contributed by atoms with E-state index < -0.39 is 5.97 Å². The lowest BCUT2D eigenvalue weighted by Crippen LogP contribution is -2.37. The number of hydrogen-bond donors (Lipinski definition) is 2. The SMILES string of the molecule is CC(CCN)CCC(=O)N(CC(=O)O)C1CC1. The molecule has 1 rings (SSSR count). The molecule has 0 aromatic carbocycles. The number of hydrogen-bond acceptors (Lipinski definition) is 3. The molecule has 0 heterocycles. The van der Waals surface area contributed by atoms with Crippen LogP contribution in [0.1, 0.15) is 39.0 Å². The predicted molar refractivity (Wildman–Crippen MR) is 64.4 cm³/mol. The first-order chi connectivity index (χ1) is 8.04. The van der Waals surface area contributed by atoms with E-state index in [-0.39, 0.29) is 18.5 Å². The minimum atomic E-state index is -0.930. The number of amides is 1. The van der Waals surface area contributed by atoms with Crippen molar-refractivity contribution in [1.82, 2.24) is 4.90 Å². The highest BCUT2D eigenvalue weighted by Crippen LogP contribution is 2.27. The van der Waals surface area contributed by atoms with Crippen molar-refractivity contribution in [2.75, 3.05) is 13.1 Å². The molecule has 1 aliphatic rings. The van der Waals surface area contributed by atoms with Crippen molar-refractivity contribution in [3.05, 3.63) is 0 Å². The molecule has 0 aromatic heterocycles. The van der Waals surface area contributed by atoms with Crippen LogP contribution in [0.5, 0.6) is 0 Å². The molecule has 1 amide bonds. The minimum Gasteiger partial charge on any atom is -0.480 e. The van der Waals surface area contributed by atoms with Gasteiger partial charge in [-0.3, -0.25) is 9.59 Å². The number of carboxylic acids is 1. The van der Waals surface area contributed by atoms with Gasteiger partial charge in [-0.15, -0.1) is 0 Å². The molecule has 0 aromatic rings. The summed E-state index contributed by atoms with van der Waals surface area (Å²) in [6.45, 7) is 2.55. The zero-order chi connectivity index (χ0) is 12.8. The fraction of sp³-hybridized carbons (Fsp3) is 0.833. The average molecular weight is 242 g/mol. The van der Waals surface area contributed by atoms with Crippen LogP contribution in [0.4, 0.5) is 0 Å². The molecule has 1 saturated carbocycles. The average Bonchev–Trinajstić information content (AvgIpc) is 3.06. The molecular weight excluding hydrogens is 220 g/mol. The first-order valence-corrected chi connectivity index (χ1v) is 6.26. The number of carbonyl (C=O) groups excluding carboxylic acids is 1. The van der Waals surface area contributed by atoms with E-state index in [0.29, 0.717) is 18.9 Å². The minimum absolute atomic E-state index is 0.0289. The lowest BCUT2D eigenvalue weighted by atomic mass is 10.0. The van der Waals surface area contributed by atoms with E-state index in [1.165, 1.54) is 4.90 Å². The summed E-state index contributed by atoms with van der Waals surface area (Å²) in [5.41, 5.74) is 5.45. The molecule has 0 aliphatic heterocycles. The van der Waals surface area contributed by atoms with Gasteiger partial charge < -0.3 is 15.7 Å². The summed E-state index contributed by atoms with van der Waals surface area (Å²) >= 11 is 0. The summed E-state index contributed by atoms with van der Waals surface area (Å²) in [4.78, 5) is 24.1. The van der Waals surface area contributed by atoms with E-state index in [9.17, 15) is 9.59 Å². The highest BCUT2D eigenvalue weighted by atomic mass is 16.4. The van der Waals surface area contributed by atoms with Gasteiger partial charge in [0.25, 0.3) is 0 Å². The highest BCUT2D eigenvalue weighted by molar-refractivity contribution is 5.81. The van der Waals surface area contributed by atoms with Gasteiger partial charge in [0.05, 0.1) is 0 Å². The summed E-state index contributed by atoms with van der Waals surface area (Å²) in [6, 6.07) is 0.170. The van der Waals surface area contributed by atoms with Gasteiger partial charge in [0.15, 0.2) is 0 Å². The van der Waals surface area contributed by atoms with Crippen LogP contribution in [0.15, 0.2) is 0 Å². The van der Waals surface area contributed by atoms with Gasteiger partial charge in [0, 0.05) is 12.5 Å². The molecule has 0 radical (unpaired) electrons. The number of nitrogens with zero attached hydrogens (tertiary/aromatic N) is 1. The summed E-state index contributed by atoms with van der Waals surface area (Å²) in [5, 5.41) is 8.76. The lowest BCUT2D eigenvalue weighted by Gasteiger charge is -2.21. The van der Waals surface area contributed by atoms with Crippen LogP contribution in [-0.4, -0.2) is 41.0 Å².